The van der Waals surface area contributed by atoms with Crippen LogP contribution in [-0.2, 0) is 27.3 Å². The molecule has 69 heavy (non-hydrogen) atoms. The lowest BCUT2D eigenvalue weighted by Gasteiger charge is -2.35. The number of nitrogens with zero attached hydrogens (tertiary/aromatic N) is 5. The van der Waals surface area contributed by atoms with E-state index in [-0.39, 0.29) is 55.5 Å². The number of nitrogens with one attached hydrogen (secondary N) is 1. The third-order valence-corrected chi connectivity index (χ3v) is 13.5. The molecule has 4 aromatic carbocycles. The zero-order chi connectivity index (χ0) is 49.4. The molecule has 1 fully saturated rings. The van der Waals surface area contributed by atoms with Gasteiger partial charge in [0.25, 0.3) is 0 Å². The quantitative estimate of drug-likeness (QED) is 0.0741. The molecule has 1 saturated heterocycles. The van der Waals surface area contributed by atoms with E-state index >= 15 is 0 Å². The fraction of sp³-hybridized carbons (Fsp3) is 0.333. The second kappa shape index (κ2) is 22.1. The SMILES string of the molecule is Cc1ncsc1-c1ccc(CCC(=O)[C@@H]2C[C@@H](O)CN2C(=O)[C@@H](NC(=O)CCC(=O)c2ccc(Oc3ccc(C(=O)C[C@@H](C)Cn4ccc(-c5ccc(C#N)c(Cl)c5)n4)cc3)cc2)C(C)(C)C)cc1. The zero-order valence-electron chi connectivity index (χ0n) is 39.3. The Labute approximate surface area is 411 Å². The Bertz CT molecular complexity index is 2860. The van der Waals surface area contributed by atoms with Crippen molar-refractivity contribution in [3.8, 4) is 39.3 Å². The van der Waals surface area contributed by atoms with Crippen LogP contribution >= 0.6 is 22.9 Å². The number of thiazole rings is 1. The molecule has 356 valence electrons. The highest BCUT2D eigenvalue weighted by Gasteiger charge is 2.44. The summed E-state index contributed by atoms with van der Waals surface area (Å²) in [4.78, 5) is 74.2. The van der Waals surface area contributed by atoms with Gasteiger partial charge in [0, 0.05) is 68.1 Å². The van der Waals surface area contributed by atoms with Gasteiger partial charge in [-0.05, 0) is 103 Å². The Balaban J connectivity index is 0.859. The average Bonchev–Trinajstić information content (AvgIpc) is 4.09. The molecule has 0 bridgehead atoms. The Hall–Kier alpha value is -6.79. The molecule has 6 aromatic rings. The second-order valence-electron chi connectivity index (χ2n) is 18.7. The van der Waals surface area contributed by atoms with E-state index in [1.54, 1.807) is 82.7 Å². The average molecular weight is 968 g/mol. The van der Waals surface area contributed by atoms with Crippen LogP contribution in [0.5, 0.6) is 11.5 Å². The molecule has 3 heterocycles. The van der Waals surface area contributed by atoms with Gasteiger partial charge in [0.2, 0.25) is 11.8 Å². The Morgan fingerprint density at radius 1 is 0.899 bits per heavy atom. The number of halogens is 1. The molecular weight excluding hydrogens is 912 g/mol. The Kier molecular flexibility index (Phi) is 16.0. The lowest BCUT2D eigenvalue weighted by molar-refractivity contribution is -0.143. The number of aliphatic hydroxyl groups excluding tert-OH is 1. The van der Waals surface area contributed by atoms with Crippen molar-refractivity contribution in [2.45, 2.75) is 97.9 Å². The van der Waals surface area contributed by atoms with E-state index in [0.29, 0.717) is 52.6 Å². The first-order chi connectivity index (χ1) is 32.9. The standard InChI is InChI=1S/C54H55ClN6O7S/c1-33(30-60-25-24-45(59-60)39-11-12-40(29-56)44(55)27-39)26-49(65)37-15-19-43(20-16-37)68-42-17-13-36(14-18-42)47(63)22-23-50(66)58-52(54(3,4)5)53(67)61-31-41(62)28-46(61)48(64)21-8-35-6-9-38(10-7-35)51-34(2)57-32-69-51/h6-7,9-20,24-25,27,32-33,41,46,52,62H,8,21-23,26,28,30-31H2,1-5H3,(H,58,66)/t33-,41-,46+,52-/m1/s1. The van der Waals surface area contributed by atoms with E-state index in [2.05, 4.69) is 21.5 Å². The van der Waals surface area contributed by atoms with Crippen molar-refractivity contribution < 1.29 is 33.8 Å². The van der Waals surface area contributed by atoms with E-state index in [0.717, 1.165) is 33.0 Å². The van der Waals surface area contributed by atoms with E-state index in [1.807, 2.05) is 76.7 Å². The van der Waals surface area contributed by atoms with Crippen molar-refractivity contribution in [3.05, 3.63) is 142 Å². The lowest BCUT2D eigenvalue weighted by atomic mass is 9.85. The number of hydrogen-bond donors (Lipinski definition) is 2. The molecule has 0 unspecified atom stereocenters. The Morgan fingerprint density at radius 2 is 1.55 bits per heavy atom. The van der Waals surface area contributed by atoms with E-state index < -0.39 is 35.4 Å². The third-order valence-electron chi connectivity index (χ3n) is 12.2. The van der Waals surface area contributed by atoms with E-state index in [1.165, 1.54) is 4.90 Å². The maximum absolute atomic E-state index is 14.1. The minimum atomic E-state index is -0.999. The first-order valence-electron chi connectivity index (χ1n) is 22.9. The Morgan fingerprint density at radius 3 is 2.16 bits per heavy atom. The zero-order valence-corrected chi connectivity index (χ0v) is 40.8. The van der Waals surface area contributed by atoms with Crippen LogP contribution in [0.2, 0.25) is 5.02 Å². The molecule has 15 heteroatoms. The molecule has 2 N–H and O–H groups in total. The van der Waals surface area contributed by atoms with Crippen LogP contribution in [0.4, 0.5) is 0 Å². The molecule has 4 atom stereocenters. The van der Waals surface area contributed by atoms with Crippen LogP contribution < -0.4 is 10.1 Å². The van der Waals surface area contributed by atoms with E-state index in [9.17, 15) is 29.1 Å². The number of benzene rings is 4. The molecule has 0 radical (unpaired) electrons. The molecule has 0 saturated carbocycles. The number of carbonyl (C=O) groups is 5. The van der Waals surface area contributed by atoms with Gasteiger partial charge in [0.15, 0.2) is 17.3 Å². The number of amides is 2. The molecular formula is C54H55ClN6O7S. The minimum absolute atomic E-state index is 0.000860. The van der Waals surface area contributed by atoms with Gasteiger partial charge in [-0.3, -0.25) is 28.7 Å². The summed E-state index contributed by atoms with van der Waals surface area (Å²) < 4.78 is 7.78. The normalized spacial score (nSPS) is 15.5. The lowest BCUT2D eigenvalue weighted by Crippen LogP contribution is -2.56. The number of nitriles is 1. The van der Waals surface area contributed by atoms with Gasteiger partial charge in [0.05, 0.1) is 44.5 Å². The predicted molar refractivity (Wildman–Crippen MR) is 265 cm³/mol. The third kappa shape index (κ3) is 12.9. The summed E-state index contributed by atoms with van der Waals surface area (Å²) in [5.41, 5.74) is 6.94. The number of aromatic nitrogens is 3. The van der Waals surface area contributed by atoms with Crippen molar-refractivity contribution in [2.75, 3.05) is 6.54 Å². The summed E-state index contributed by atoms with van der Waals surface area (Å²) in [7, 11) is 0. The predicted octanol–water partition coefficient (Wildman–Crippen LogP) is 9.87. The summed E-state index contributed by atoms with van der Waals surface area (Å²) in [5, 5.41) is 27.6. The summed E-state index contributed by atoms with van der Waals surface area (Å²) in [5.74, 6) is -0.375. The smallest absolute Gasteiger partial charge is 0.246 e. The van der Waals surface area contributed by atoms with Gasteiger partial charge in [-0.2, -0.15) is 10.4 Å². The molecule has 0 spiro atoms. The van der Waals surface area contributed by atoms with Gasteiger partial charge in [0.1, 0.15) is 23.6 Å². The number of ether oxygens (including phenoxy) is 1. The van der Waals surface area contributed by atoms with Gasteiger partial charge in [-0.1, -0.05) is 69.6 Å². The maximum atomic E-state index is 14.1. The monoisotopic (exact) mass is 966 g/mol. The number of likely N-dealkylation sites (tertiary alicyclic amines) is 1. The fourth-order valence-electron chi connectivity index (χ4n) is 8.37. The van der Waals surface area contributed by atoms with Crippen molar-refractivity contribution in [1.29, 1.82) is 5.26 Å². The number of ketones is 3. The van der Waals surface area contributed by atoms with Gasteiger partial charge in [-0.25, -0.2) is 4.98 Å². The molecule has 1 aliphatic rings. The summed E-state index contributed by atoms with van der Waals surface area (Å²) in [6, 6.07) is 28.7. The highest BCUT2D eigenvalue weighted by molar-refractivity contribution is 7.13. The number of β-amino-alcohol motifs (C(OH)–C–C–N with tert-alkyl or cyclic N) is 1. The topological polar surface area (TPSA) is 185 Å². The largest absolute Gasteiger partial charge is 0.457 e. The number of hydrogen-bond acceptors (Lipinski definition) is 11. The van der Waals surface area contributed by atoms with Crippen LogP contribution in [-0.4, -0.2) is 78.7 Å². The number of rotatable bonds is 19. The second-order valence-corrected chi connectivity index (χ2v) is 20.0. The summed E-state index contributed by atoms with van der Waals surface area (Å²) in [6.45, 7) is 9.93. The van der Waals surface area contributed by atoms with Crippen LogP contribution in [0, 0.1) is 29.6 Å². The van der Waals surface area contributed by atoms with Crippen LogP contribution in [0.15, 0.2) is 109 Å². The van der Waals surface area contributed by atoms with Crippen LogP contribution in [0.1, 0.15) is 97.3 Å². The van der Waals surface area contributed by atoms with Crippen molar-refractivity contribution in [2.24, 2.45) is 11.3 Å². The minimum Gasteiger partial charge on any atom is -0.457 e. The molecule has 2 aromatic heterocycles. The maximum Gasteiger partial charge on any atom is 0.246 e. The molecule has 1 aliphatic heterocycles. The molecule has 13 nitrogen and oxygen atoms in total. The van der Waals surface area contributed by atoms with Gasteiger partial charge >= 0.3 is 0 Å². The number of aliphatic hydroxyl groups is 1. The first-order valence-corrected chi connectivity index (χ1v) is 24.2. The van der Waals surface area contributed by atoms with Crippen LogP contribution in [0.3, 0.4) is 0 Å². The molecule has 7 rings (SSSR count). The summed E-state index contributed by atoms with van der Waals surface area (Å²) in [6.07, 6.45) is 1.83. The summed E-state index contributed by atoms with van der Waals surface area (Å²) >= 11 is 7.78. The molecule has 0 aliphatic carbocycles. The van der Waals surface area contributed by atoms with Gasteiger partial charge < -0.3 is 20.1 Å². The first kappa shape index (κ1) is 50.1. The van der Waals surface area contributed by atoms with Crippen LogP contribution in [0.25, 0.3) is 21.7 Å². The van der Waals surface area contributed by atoms with Gasteiger partial charge in [-0.15, -0.1) is 11.3 Å². The highest BCUT2D eigenvalue weighted by atomic mass is 35.5. The number of Topliss-reactive ketones (excluding diaryl/α,β-unsaturated/α-hetero) is 3. The van der Waals surface area contributed by atoms with Crippen molar-refractivity contribution >= 4 is 52.1 Å². The van der Waals surface area contributed by atoms with Crippen molar-refractivity contribution in [3.63, 3.8) is 0 Å². The molecule has 2 amide bonds. The number of aryl methyl sites for hydroxylation is 2. The number of carbonyl (C=O) groups excluding carboxylic acids is 5. The highest BCUT2D eigenvalue weighted by Crippen LogP contribution is 2.31. The fourth-order valence-corrected chi connectivity index (χ4v) is 9.41. The van der Waals surface area contributed by atoms with E-state index in [4.69, 9.17) is 21.6 Å². The van der Waals surface area contributed by atoms with Crippen molar-refractivity contribution in [1.82, 2.24) is 25.0 Å².